The highest BCUT2D eigenvalue weighted by Crippen LogP contribution is 2.27. The van der Waals surface area contributed by atoms with Crippen LogP contribution in [0.2, 0.25) is 5.02 Å². The van der Waals surface area contributed by atoms with Crippen LogP contribution in [-0.4, -0.2) is 49.4 Å². The molecular weight excluding hydrogens is 376 g/mol. The van der Waals surface area contributed by atoms with E-state index in [2.05, 4.69) is 10.2 Å². The van der Waals surface area contributed by atoms with Crippen molar-refractivity contribution in [3.05, 3.63) is 70.7 Å². The van der Waals surface area contributed by atoms with Gasteiger partial charge in [0.25, 0.3) is 0 Å². The van der Waals surface area contributed by atoms with Gasteiger partial charge in [0.2, 0.25) is 5.91 Å². The molecule has 1 fully saturated rings. The fourth-order valence-corrected chi connectivity index (χ4v) is 3.63. The number of carbonyl (C=O) groups is 2. The highest BCUT2D eigenvalue weighted by Gasteiger charge is 2.24. The quantitative estimate of drug-likeness (QED) is 0.689. The molecule has 2 aromatic carbocycles. The lowest BCUT2D eigenvalue weighted by molar-refractivity contribution is -0.121. The van der Waals surface area contributed by atoms with E-state index in [9.17, 15) is 9.59 Å². The third-order valence-corrected chi connectivity index (χ3v) is 5.26. The lowest BCUT2D eigenvalue weighted by atomic mass is 10.0. The van der Waals surface area contributed by atoms with Crippen LogP contribution >= 0.6 is 11.6 Å². The molecule has 0 saturated carbocycles. The molecule has 1 N–H and O–H groups in total. The van der Waals surface area contributed by atoms with E-state index in [0.29, 0.717) is 30.3 Å². The molecule has 0 radical (unpaired) electrons. The lowest BCUT2D eigenvalue weighted by Crippen LogP contribution is -2.44. The number of ether oxygens (including phenoxy) is 1. The second-order valence-electron chi connectivity index (χ2n) is 6.78. The Balaban J connectivity index is 1.57. The summed E-state index contributed by atoms with van der Waals surface area (Å²) in [5.74, 6) is -0.152. The summed E-state index contributed by atoms with van der Waals surface area (Å²) in [6.07, 6.45) is 0.371. The lowest BCUT2D eigenvalue weighted by Gasteiger charge is -2.35. The number of amides is 1. The molecule has 0 aliphatic carbocycles. The van der Waals surface area contributed by atoms with Crippen molar-refractivity contribution in [2.45, 2.75) is 18.9 Å². The number of ketones is 1. The zero-order valence-corrected chi connectivity index (χ0v) is 16.5. The van der Waals surface area contributed by atoms with E-state index >= 15 is 0 Å². The van der Waals surface area contributed by atoms with E-state index in [1.165, 1.54) is 0 Å². The van der Waals surface area contributed by atoms with Gasteiger partial charge in [-0.2, -0.15) is 0 Å². The minimum atomic E-state index is -0.130. The highest BCUT2D eigenvalue weighted by atomic mass is 35.5. The van der Waals surface area contributed by atoms with Gasteiger partial charge in [-0.15, -0.1) is 0 Å². The van der Waals surface area contributed by atoms with Gasteiger partial charge in [0.15, 0.2) is 5.78 Å². The van der Waals surface area contributed by atoms with Crippen molar-refractivity contribution in [1.82, 2.24) is 10.2 Å². The van der Waals surface area contributed by atoms with Crippen molar-refractivity contribution in [2.75, 3.05) is 32.8 Å². The Kier molecular flexibility index (Phi) is 7.60. The maximum absolute atomic E-state index is 12.3. The van der Waals surface area contributed by atoms with E-state index in [1.807, 2.05) is 42.5 Å². The zero-order valence-electron chi connectivity index (χ0n) is 15.8. The second-order valence-corrected chi connectivity index (χ2v) is 7.19. The number of benzene rings is 2. The molecule has 1 heterocycles. The number of rotatable bonds is 8. The van der Waals surface area contributed by atoms with Gasteiger partial charge >= 0.3 is 0 Å². The molecule has 6 heteroatoms. The number of hydrogen-bond donors (Lipinski definition) is 1. The Bertz CT molecular complexity index is 791. The Morgan fingerprint density at radius 3 is 2.39 bits per heavy atom. The van der Waals surface area contributed by atoms with Gasteiger partial charge in [0, 0.05) is 43.1 Å². The van der Waals surface area contributed by atoms with Crippen LogP contribution in [0.3, 0.4) is 0 Å². The molecular formula is C22H25ClN2O3. The number of Topliss-reactive ketones (excluding diaryl/α,β-unsaturated/α-hetero) is 1. The van der Waals surface area contributed by atoms with Crippen LogP contribution in [0.25, 0.3) is 0 Å². The molecule has 3 rings (SSSR count). The van der Waals surface area contributed by atoms with Crippen molar-refractivity contribution >= 4 is 23.3 Å². The van der Waals surface area contributed by atoms with Gasteiger partial charge in [-0.05, 0) is 11.6 Å². The number of nitrogens with one attached hydrogen (secondary N) is 1. The monoisotopic (exact) mass is 400 g/mol. The van der Waals surface area contributed by atoms with E-state index in [0.717, 1.165) is 18.7 Å². The Morgan fingerprint density at radius 2 is 1.68 bits per heavy atom. The second kappa shape index (κ2) is 10.4. The fraction of sp³-hybridized carbons (Fsp3) is 0.364. The van der Waals surface area contributed by atoms with Crippen LogP contribution in [-0.2, 0) is 9.53 Å². The van der Waals surface area contributed by atoms with Crippen LogP contribution < -0.4 is 5.32 Å². The normalized spacial score (nSPS) is 15.8. The summed E-state index contributed by atoms with van der Waals surface area (Å²) in [6.45, 7) is 3.36. The Morgan fingerprint density at radius 1 is 1.00 bits per heavy atom. The summed E-state index contributed by atoms with van der Waals surface area (Å²) in [4.78, 5) is 26.8. The average molecular weight is 401 g/mol. The Hall–Kier alpha value is -2.21. The van der Waals surface area contributed by atoms with E-state index < -0.39 is 0 Å². The summed E-state index contributed by atoms with van der Waals surface area (Å²) in [5.41, 5.74) is 1.63. The van der Waals surface area contributed by atoms with Crippen LogP contribution in [0.15, 0.2) is 54.6 Å². The SMILES string of the molecule is O=C(CCC(=O)c1ccccc1)NC[C@@H](c1ccccc1Cl)N1CCOCC1. The topological polar surface area (TPSA) is 58.6 Å². The van der Waals surface area contributed by atoms with E-state index in [1.54, 1.807) is 12.1 Å². The van der Waals surface area contributed by atoms with Crippen molar-refractivity contribution < 1.29 is 14.3 Å². The highest BCUT2D eigenvalue weighted by molar-refractivity contribution is 6.31. The maximum atomic E-state index is 12.3. The third-order valence-electron chi connectivity index (χ3n) is 4.92. The largest absolute Gasteiger partial charge is 0.379 e. The van der Waals surface area contributed by atoms with Gasteiger partial charge in [-0.25, -0.2) is 0 Å². The molecule has 0 aromatic heterocycles. The van der Waals surface area contributed by atoms with Crippen molar-refractivity contribution in [3.8, 4) is 0 Å². The predicted molar refractivity (Wildman–Crippen MR) is 110 cm³/mol. The first-order chi connectivity index (χ1) is 13.6. The first-order valence-electron chi connectivity index (χ1n) is 9.56. The molecule has 1 saturated heterocycles. The minimum absolute atomic E-state index is 0.0217. The van der Waals surface area contributed by atoms with Gasteiger partial charge in [0.1, 0.15) is 0 Å². The van der Waals surface area contributed by atoms with Crippen LogP contribution in [0.4, 0.5) is 0 Å². The van der Waals surface area contributed by atoms with Crippen LogP contribution in [0, 0.1) is 0 Å². The average Bonchev–Trinajstić information content (AvgIpc) is 2.74. The van der Waals surface area contributed by atoms with Crippen molar-refractivity contribution in [1.29, 1.82) is 0 Å². The minimum Gasteiger partial charge on any atom is -0.379 e. The molecule has 1 atom stereocenters. The van der Waals surface area contributed by atoms with Gasteiger partial charge < -0.3 is 10.1 Å². The van der Waals surface area contributed by atoms with Gasteiger partial charge in [-0.1, -0.05) is 60.1 Å². The van der Waals surface area contributed by atoms with Gasteiger partial charge in [-0.3, -0.25) is 14.5 Å². The summed E-state index contributed by atoms with van der Waals surface area (Å²) in [5, 5.41) is 3.67. The summed E-state index contributed by atoms with van der Waals surface area (Å²) in [6, 6.07) is 16.7. The molecule has 2 aromatic rings. The molecule has 1 aliphatic heterocycles. The number of hydrogen-bond acceptors (Lipinski definition) is 4. The van der Waals surface area contributed by atoms with E-state index in [4.69, 9.17) is 16.3 Å². The zero-order chi connectivity index (χ0) is 19.8. The van der Waals surface area contributed by atoms with Crippen molar-refractivity contribution in [2.24, 2.45) is 0 Å². The first-order valence-corrected chi connectivity index (χ1v) is 9.94. The maximum Gasteiger partial charge on any atom is 0.220 e. The molecule has 28 heavy (non-hydrogen) atoms. The molecule has 1 aliphatic rings. The fourth-order valence-electron chi connectivity index (χ4n) is 3.36. The molecule has 5 nitrogen and oxygen atoms in total. The first kappa shape index (κ1) is 20.5. The standard InChI is InChI=1S/C22H25ClN2O3/c23-19-9-5-4-8-18(19)20(25-12-14-28-15-13-25)16-24-22(27)11-10-21(26)17-6-2-1-3-7-17/h1-9,20H,10-16H2,(H,24,27)/t20-/m0/s1. The smallest absolute Gasteiger partial charge is 0.220 e. The summed E-state index contributed by atoms with van der Waals surface area (Å²) < 4.78 is 5.45. The molecule has 1 amide bonds. The molecule has 0 spiro atoms. The van der Waals surface area contributed by atoms with Crippen LogP contribution in [0.1, 0.15) is 34.8 Å². The number of nitrogens with zero attached hydrogens (tertiary/aromatic N) is 1. The molecule has 0 bridgehead atoms. The van der Waals surface area contributed by atoms with Crippen molar-refractivity contribution in [3.63, 3.8) is 0 Å². The number of halogens is 1. The third kappa shape index (κ3) is 5.64. The van der Waals surface area contributed by atoms with Gasteiger partial charge in [0.05, 0.1) is 19.3 Å². The van der Waals surface area contributed by atoms with E-state index in [-0.39, 0.29) is 30.6 Å². The number of carbonyl (C=O) groups excluding carboxylic acids is 2. The summed E-state index contributed by atoms with van der Waals surface area (Å²) >= 11 is 6.41. The summed E-state index contributed by atoms with van der Waals surface area (Å²) in [7, 11) is 0. The predicted octanol–water partition coefficient (Wildman–Crippen LogP) is 3.49. The molecule has 0 unspecified atom stereocenters. The number of morpholine rings is 1. The Labute approximate surface area is 170 Å². The molecule has 148 valence electrons. The van der Waals surface area contributed by atoms with Crippen LogP contribution in [0.5, 0.6) is 0 Å².